The number of ether oxygens (including phenoxy) is 3. The van der Waals surface area contributed by atoms with Crippen LogP contribution >= 0.6 is 11.6 Å². The number of carbonyl (C=O) groups is 1. The Kier molecular flexibility index (Phi) is 12.2. The van der Waals surface area contributed by atoms with Crippen molar-refractivity contribution in [2.45, 2.75) is 45.4 Å². The normalized spacial score (nSPS) is 11.9. The molecule has 2 rings (SSSR count). The molecule has 35 heavy (non-hydrogen) atoms. The molecule has 0 aliphatic heterocycles. The van der Waals surface area contributed by atoms with Crippen molar-refractivity contribution in [2.75, 3.05) is 54.6 Å². The smallest absolute Gasteiger partial charge is 0.253 e. The van der Waals surface area contributed by atoms with E-state index in [4.69, 9.17) is 25.8 Å². The van der Waals surface area contributed by atoms with Gasteiger partial charge in [0.15, 0.2) is 11.5 Å². The summed E-state index contributed by atoms with van der Waals surface area (Å²) in [6.45, 7) is 8.23. The molecule has 0 aliphatic carbocycles. The zero-order chi connectivity index (χ0) is 25.8. The van der Waals surface area contributed by atoms with Gasteiger partial charge in [0.05, 0.1) is 21.3 Å². The molecule has 0 heterocycles. The van der Waals surface area contributed by atoms with Crippen LogP contribution in [0, 0.1) is 0 Å². The molecule has 0 saturated heterocycles. The molecule has 0 aromatic heterocycles. The third-order valence-corrected chi connectivity index (χ3v) is 6.51. The molecular weight excluding hydrogens is 464 g/mol. The van der Waals surface area contributed by atoms with Gasteiger partial charge < -0.3 is 24.0 Å². The Hall–Kier alpha value is -2.44. The number of nitrogens with zero attached hydrogens (tertiary/aromatic N) is 2. The van der Waals surface area contributed by atoms with Crippen LogP contribution in [0.3, 0.4) is 0 Å². The van der Waals surface area contributed by atoms with Gasteiger partial charge in [-0.3, -0.25) is 4.79 Å². The largest absolute Gasteiger partial charge is 0.493 e. The second-order valence-electron chi connectivity index (χ2n) is 8.83. The molecule has 0 aliphatic rings. The number of likely N-dealkylation sites (N-methyl/N-ethyl adjacent to an activating group) is 1. The van der Waals surface area contributed by atoms with Crippen molar-refractivity contribution in [3.8, 4) is 17.2 Å². The van der Waals surface area contributed by atoms with Crippen molar-refractivity contribution >= 4 is 17.5 Å². The zero-order valence-electron chi connectivity index (χ0n) is 22.1. The first-order valence-electron chi connectivity index (χ1n) is 12.4. The Morgan fingerprint density at radius 3 is 2.06 bits per heavy atom. The van der Waals surface area contributed by atoms with E-state index < -0.39 is 0 Å². The molecule has 6 nitrogen and oxygen atoms in total. The summed E-state index contributed by atoms with van der Waals surface area (Å²) in [6, 6.07) is 11.4. The number of unbranched alkanes of at least 4 members (excludes halogenated alkanes) is 1. The highest BCUT2D eigenvalue weighted by Crippen LogP contribution is 2.38. The van der Waals surface area contributed by atoms with Crippen LogP contribution < -0.4 is 14.2 Å². The van der Waals surface area contributed by atoms with E-state index in [1.807, 2.05) is 19.2 Å². The van der Waals surface area contributed by atoms with Gasteiger partial charge in [-0.15, -0.1) is 0 Å². The maximum atomic E-state index is 13.4. The van der Waals surface area contributed by atoms with Gasteiger partial charge in [0.2, 0.25) is 5.75 Å². The first-order chi connectivity index (χ1) is 16.9. The summed E-state index contributed by atoms with van der Waals surface area (Å²) in [4.78, 5) is 17.7. The maximum Gasteiger partial charge on any atom is 0.253 e. The van der Waals surface area contributed by atoms with Gasteiger partial charge in [0.1, 0.15) is 0 Å². The molecule has 0 radical (unpaired) electrons. The van der Waals surface area contributed by atoms with Gasteiger partial charge in [-0.05, 0) is 68.7 Å². The molecule has 1 unspecified atom stereocenters. The summed E-state index contributed by atoms with van der Waals surface area (Å²) in [5.74, 6) is 1.48. The highest BCUT2D eigenvalue weighted by atomic mass is 35.5. The quantitative estimate of drug-likeness (QED) is 0.292. The van der Waals surface area contributed by atoms with Crippen LogP contribution in [0.5, 0.6) is 17.2 Å². The lowest BCUT2D eigenvalue weighted by atomic mass is 9.94. The molecule has 2 aromatic carbocycles. The van der Waals surface area contributed by atoms with E-state index in [1.54, 1.807) is 38.4 Å². The van der Waals surface area contributed by atoms with Gasteiger partial charge >= 0.3 is 0 Å². The average Bonchev–Trinajstić information content (AvgIpc) is 2.88. The lowest BCUT2D eigenvalue weighted by molar-refractivity contribution is 0.0781. The molecule has 194 valence electrons. The summed E-state index contributed by atoms with van der Waals surface area (Å²) >= 11 is 6.15. The fraction of sp³-hybridized carbons (Fsp3) is 0.536. The number of hydrogen-bond donors (Lipinski definition) is 0. The molecule has 2 aromatic rings. The Morgan fingerprint density at radius 2 is 1.54 bits per heavy atom. The Morgan fingerprint density at radius 1 is 0.914 bits per heavy atom. The molecular formula is C28H41ClN2O4. The summed E-state index contributed by atoms with van der Waals surface area (Å²) in [7, 11) is 6.49. The lowest BCUT2D eigenvalue weighted by Crippen LogP contribution is -2.33. The standard InChI is InChI=1S/C28H41ClN2O4/c1-7-9-16-31(15-8-2)17-14-22(21-10-12-24(29)13-11-21)20-30(3)28(32)23-18-25(33-4)27(35-6)26(19-23)34-5/h10-13,18-19,22H,7-9,14-17,20H2,1-6H3. The number of carbonyl (C=O) groups excluding carboxylic acids is 1. The SMILES string of the molecule is CCCCN(CCC)CCC(CN(C)C(=O)c1cc(OC)c(OC)c(OC)c1)c1ccc(Cl)cc1. The van der Waals surface area contributed by atoms with Crippen LogP contribution in [-0.2, 0) is 0 Å². The minimum atomic E-state index is -0.0976. The Bertz CT molecular complexity index is 895. The number of benzene rings is 2. The van der Waals surface area contributed by atoms with Crippen molar-refractivity contribution in [2.24, 2.45) is 0 Å². The third-order valence-electron chi connectivity index (χ3n) is 6.26. The summed E-state index contributed by atoms with van der Waals surface area (Å²) < 4.78 is 16.3. The van der Waals surface area contributed by atoms with Gasteiger partial charge in [0.25, 0.3) is 5.91 Å². The predicted molar refractivity (Wildman–Crippen MR) is 144 cm³/mol. The minimum Gasteiger partial charge on any atom is -0.493 e. The van der Waals surface area contributed by atoms with E-state index in [9.17, 15) is 4.79 Å². The third kappa shape index (κ3) is 8.32. The lowest BCUT2D eigenvalue weighted by Gasteiger charge is -2.28. The number of halogens is 1. The van der Waals surface area contributed by atoms with Crippen molar-refractivity contribution < 1.29 is 19.0 Å². The number of rotatable bonds is 15. The number of hydrogen-bond acceptors (Lipinski definition) is 5. The summed E-state index contributed by atoms with van der Waals surface area (Å²) in [5, 5.41) is 0.713. The zero-order valence-corrected chi connectivity index (χ0v) is 22.9. The van der Waals surface area contributed by atoms with Crippen molar-refractivity contribution in [3.63, 3.8) is 0 Å². The van der Waals surface area contributed by atoms with Crippen LogP contribution in [0.25, 0.3) is 0 Å². The van der Waals surface area contributed by atoms with E-state index >= 15 is 0 Å². The van der Waals surface area contributed by atoms with E-state index in [1.165, 1.54) is 18.4 Å². The van der Waals surface area contributed by atoms with Gasteiger partial charge in [-0.2, -0.15) is 0 Å². The van der Waals surface area contributed by atoms with E-state index in [0.717, 1.165) is 32.5 Å². The summed E-state index contributed by atoms with van der Waals surface area (Å²) in [6.07, 6.45) is 4.48. The second-order valence-corrected chi connectivity index (χ2v) is 9.27. The van der Waals surface area contributed by atoms with Crippen molar-refractivity contribution in [1.29, 1.82) is 0 Å². The monoisotopic (exact) mass is 504 g/mol. The molecule has 1 atom stereocenters. The van der Waals surface area contributed by atoms with Gasteiger partial charge in [0, 0.05) is 30.1 Å². The van der Waals surface area contributed by atoms with Gasteiger partial charge in [-0.1, -0.05) is 44.0 Å². The molecule has 0 fully saturated rings. The molecule has 0 saturated carbocycles. The molecule has 7 heteroatoms. The van der Waals surface area contributed by atoms with Gasteiger partial charge in [-0.25, -0.2) is 0 Å². The van der Waals surface area contributed by atoms with E-state index in [-0.39, 0.29) is 11.8 Å². The molecule has 0 N–H and O–H groups in total. The fourth-order valence-corrected chi connectivity index (χ4v) is 4.43. The van der Waals surface area contributed by atoms with Crippen LogP contribution in [0.1, 0.15) is 61.4 Å². The highest BCUT2D eigenvalue weighted by Gasteiger charge is 2.23. The van der Waals surface area contributed by atoms with Crippen molar-refractivity contribution in [1.82, 2.24) is 9.80 Å². The molecule has 0 bridgehead atoms. The topological polar surface area (TPSA) is 51.2 Å². The first kappa shape index (κ1) is 28.8. The molecule has 0 spiro atoms. The highest BCUT2D eigenvalue weighted by molar-refractivity contribution is 6.30. The van der Waals surface area contributed by atoms with Crippen molar-refractivity contribution in [3.05, 3.63) is 52.5 Å². The predicted octanol–water partition coefficient (Wildman–Crippen LogP) is 6.12. The second kappa shape index (κ2) is 14.8. The van der Waals surface area contributed by atoms with Crippen LogP contribution in [-0.4, -0.2) is 70.3 Å². The van der Waals surface area contributed by atoms with Crippen LogP contribution in [0.4, 0.5) is 0 Å². The maximum absolute atomic E-state index is 13.4. The number of methoxy groups -OCH3 is 3. The number of amides is 1. The average molecular weight is 505 g/mol. The minimum absolute atomic E-state index is 0.0976. The van der Waals surface area contributed by atoms with Crippen LogP contribution in [0.2, 0.25) is 5.02 Å². The Balaban J connectivity index is 2.24. The van der Waals surface area contributed by atoms with E-state index in [2.05, 4.69) is 30.9 Å². The first-order valence-corrected chi connectivity index (χ1v) is 12.8. The molecule has 1 amide bonds. The fourth-order valence-electron chi connectivity index (χ4n) is 4.31. The van der Waals surface area contributed by atoms with Crippen LogP contribution in [0.15, 0.2) is 36.4 Å². The Labute approximate surface area is 216 Å². The van der Waals surface area contributed by atoms with E-state index in [0.29, 0.717) is 34.4 Å². The summed E-state index contributed by atoms with van der Waals surface area (Å²) in [5.41, 5.74) is 1.68.